The lowest BCUT2D eigenvalue weighted by molar-refractivity contribution is 0.444. The Labute approximate surface area is 130 Å². The molecule has 102 valence electrons. The Bertz CT molecular complexity index is 530. The van der Waals surface area contributed by atoms with Crippen LogP contribution in [0.5, 0.6) is 0 Å². The van der Waals surface area contributed by atoms with E-state index in [9.17, 15) is 8.42 Å². The van der Waals surface area contributed by atoms with Crippen LogP contribution in [0.4, 0.5) is 0 Å². The van der Waals surface area contributed by atoms with E-state index >= 15 is 0 Å². The maximum absolute atomic E-state index is 12.3. The van der Waals surface area contributed by atoms with Crippen molar-refractivity contribution in [2.45, 2.75) is 30.7 Å². The summed E-state index contributed by atoms with van der Waals surface area (Å²) in [5.41, 5.74) is -0.651. The third-order valence-corrected chi connectivity index (χ3v) is 6.35. The summed E-state index contributed by atoms with van der Waals surface area (Å²) in [6.45, 7) is 3.67. The number of nitrogens with one attached hydrogen (secondary N) is 1. The van der Waals surface area contributed by atoms with Crippen molar-refractivity contribution in [3.05, 3.63) is 27.1 Å². The molecule has 1 aromatic carbocycles. The van der Waals surface area contributed by atoms with Crippen LogP contribution in [-0.4, -0.2) is 19.8 Å². The molecule has 0 bridgehead atoms. The number of rotatable bonds is 5. The molecule has 3 nitrogen and oxygen atoms in total. The summed E-state index contributed by atoms with van der Waals surface area (Å²) in [5, 5.41) is 0. The smallest absolute Gasteiger partial charge is 0.207 e. The number of benzene rings is 1. The van der Waals surface area contributed by atoms with Gasteiger partial charge in [-0.1, -0.05) is 22.9 Å². The highest BCUT2D eigenvalue weighted by atomic mass is 79.9. The average Bonchev–Trinajstić information content (AvgIpc) is 2.31. The molecule has 1 unspecified atom stereocenters. The highest BCUT2D eigenvalue weighted by Crippen LogP contribution is 2.27. The van der Waals surface area contributed by atoms with Gasteiger partial charge in [0.25, 0.3) is 0 Å². The molecule has 0 heterocycles. The molecule has 0 amide bonds. The molecule has 0 aliphatic heterocycles. The van der Waals surface area contributed by atoms with Crippen molar-refractivity contribution in [2.75, 3.05) is 5.88 Å². The van der Waals surface area contributed by atoms with Gasteiger partial charge in [-0.2, -0.15) is 0 Å². The van der Waals surface area contributed by atoms with Crippen LogP contribution in [0.1, 0.15) is 20.3 Å². The first-order valence-corrected chi connectivity index (χ1v) is 8.89. The predicted molar refractivity (Wildman–Crippen MR) is 81.6 cm³/mol. The fourth-order valence-corrected chi connectivity index (χ4v) is 4.57. The van der Waals surface area contributed by atoms with Gasteiger partial charge in [0.1, 0.15) is 0 Å². The molecule has 0 spiro atoms. The minimum atomic E-state index is -3.61. The van der Waals surface area contributed by atoms with Gasteiger partial charge in [-0.3, -0.25) is 0 Å². The first-order chi connectivity index (χ1) is 8.24. The maximum atomic E-state index is 12.3. The topological polar surface area (TPSA) is 46.2 Å². The largest absolute Gasteiger partial charge is 0.242 e. The molecule has 0 fully saturated rings. The van der Waals surface area contributed by atoms with E-state index in [2.05, 4.69) is 36.6 Å². The minimum Gasteiger partial charge on any atom is -0.207 e. The molecule has 7 heteroatoms. The molecule has 1 rings (SSSR count). The van der Waals surface area contributed by atoms with Gasteiger partial charge in [0, 0.05) is 20.4 Å². The Kier molecular flexibility index (Phi) is 5.68. The Morgan fingerprint density at radius 3 is 2.50 bits per heavy atom. The highest BCUT2D eigenvalue weighted by molar-refractivity contribution is 9.11. The molecule has 0 radical (unpaired) electrons. The van der Waals surface area contributed by atoms with Gasteiger partial charge >= 0.3 is 0 Å². The van der Waals surface area contributed by atoms with Crippen molar-refractivity contribution in [3.8, 4) is 0 Å². The molecule has 0 aliphatic carbocycles. The van der Waals surface area contributed by atoms with E-state index in [1.54, 1.807) is 25.1 Å². The van der Waals surface area contributed by atoms with E-state index in [-0.39, 0.29) is 10.8 Å². The fourth-order valence-electron chi connectivity index (χ4n) is 1.26. The van der Waals surface area contributed by atoms with E-state index in [0.29, 0.717) is 15.4 Å². The second-order valence-corrected chi connectivity index (χ2v) is 7.92. The number of hydrogen-bond acceptors (Lipinski definition) is 2. The molecule has 0 aromatic heterocycles. The van der Waals surface area contributed by atoms with Crippen molar-refractivity contribution in [1.82, 2.24) is 4.72 Å². The average molecular weight is 420 g/mol. The summed E-state index contributed by atoms with van der Waals surface area (Å²) in [6.07, 6.45) is 0.612. The van der Waals surface area contributed by atoms with Gasteiger partial charge in [0.05, 0.1) is 4.90 Å². The Morgan fingerprint density at radius 1 is 1.39 bits per heavy atom. The van der Waals surface area contributed by atoms with Crippen LogP contribution < -0.4 is 4.72 Å². The third kappa shape index (κ3) is 3.93. The van der Waals surface area contributed by atoms with Gasteiger partial charge < -0.3 is 0 Å². The van der Waals surface area contributed by atoms with Gasteiger partial charge in [-0.25, -0.2) is 13.1 Å². The second-order valence-electron chi connectivity index (χ2n) is 4.23. The summed E-state index contributed by atoms with van der Waals surface area (Å²) in [7, 11) is -3.61. The number of hydrogen-bond donors (Lipinski definition) is 1. The van der Waals surface area contributed by atoms with Crippen molar-refractivity contribution in [2.24, 2.45) is 0 Å². The molecule has 1 atom stereocenters. The molecule has 0 aliphatic rings. The van der Waals surface area contributed by atoms with Gasteiger partial charge in [0.2, 0.25) is 10.0 Å². The zero-order valence-electron chi connectivity index (χ0n) is 10.0. The Hall–Kier alpha value is 0.380. The summed E-state index contributed by atoms with van der Waals surface area (Å²) in [5.74, 6) is 0.217. The standard InChI is InChI=1S/C11H14Br2ClNO2S/c1-3-11(2,7-14)15-18(16,17)10-6-8(12)4-5-9(10)13/h4-6,15H,3,7H2,1-2H3. The van der Waals surface area contributed by atoms with Gasteiger partial charge in [0.15, 0.2) is 0 Å². The molecule has 0 saturated carbocycles. The quantitative estimate of drug-likeness (QED) is 0.736. The van der Waals surface area contributed by atoms with Crippen molar-refractivity contribution < 1.29 is 8.42 Å². The second kappa shape index (κ2) is 6.22. The zero-order valence-corrected chi connectivity index (χ0v) is 14.7. The minimum absolute atomic E-state index is 0.196. The molecule has 0 saturated heterocycles. The summed E-state index contributed by atoms with van der Waals surface area (Å²) in [6, 6.07) is 5.00. The normalized spacial score (nSPS) is 15.4. The predicted octanol–water partition coefficient (Wildman–Crippen LogP) is 3.90. The van der Waals surface area contributed by atoms with Crippen LogP contribution >= 0.6 is 43.5 Å². The van der Waals surface area contributed by atoms with E-state index in [4.69, 9.17) is 11.6 Å². The van der Waals surface area contributed by atoms with Crippen LogP contribution in [0.15, 0.2) is 32.0 Å². The van der Waals surface area contributed by atoms with Crippen LogP contribution in [0.3, 0.4) is 0 Å². The van der Waals surface area contributed by atoms with Crippen molar-refractivity contribution in [3.63, 3.8) is 0 Å². The van der Waals surface area contributed by atoms with Crippen molar-refractivity contribution in [1.29, 1.82) is 0 Å². The zero-order chi connectivity index (χ0) is 14.0. The highest BCUT2D eigenvalue weighted by Gasteiger charge is 2.29. The summed E-state index contributed by atoms with van der Waals surface area (Å²) < 4.78 is 28.5. The van der Waals surface area contributed by atoms with E-state index in [1.807, 2.05) is 6.92 Å². The van der Waals surface area contributed by atoms with Crippen LogP contribution in [-0.2, 0) is 10.0 Å². The maximum Gasteiger partial charge on any atom is 0.242 e. The first-order valence-electron chi connectivity index (χ1n) is 5.29. The SMILES string of the molecule is CCC(C)(CCl)NS(=O)(=O)c1cc(Br)ccc1Br. The lowest BCUT2D eigenvalue weighted by atomic mass is 10.0. The third-order valence-electron chi connectivity index (χ3n) is 2.64. The first kappa shape index (κ1) is 16.4. The molecular weight excluding hydrogens is 405 g/mol. The Balaban J connectivity index is 3.18. The number of alkyl halides is 1. The van der Waals surface area contributed by atoms with E-state index in [0.717, 1.165) is 0 Å². The van der Waals surface area contributed by atoms with Gasteiger partial charge in [-0.15, -0.1) is 11.6 Å². The molecule has 18 heavy (non-hydrogen) atoms. The van der Waals surface area contributed by atoms with Gasteiger partial charge in [-0.05, 0) is 47.5 Å². The van der Waals surface area contributed by atoms with Crippen LogP contribution in [0.25, 0.3) is 0 Å². The van der Waals surface area contributed by atoms with E-state index in [1.165, 1.54) is 0 Å². The lowest BCUT2D eigenvalue weighted by Crippen LogP contribution is -2.47. The van der Waals surface area contributed by atoms with E-state index < -0.39 is 15.6 Å². The van der Waals surface area contributed by atoms with Crippen LogP contribution in [0, 0.1) is 0 Å². The lowest BCUT2D eigenvalue weighted by Gasteiger charge is -2.26. The Morgan fingerprint density at radius 2 is 2.00 bits per heavy atom. The molecular formula is C11H14Br2ClNO2S. The molecule has 1 aromatic rings. The van der Waals surface area contributed by atoms with Crippen LogP contribution in [0.2, 0.25) is 0 Å². The number of sulfonamides is 1. The molecule has 1 N–H and O–H groups in total. The monoisotopic (exact) mass is 417 g/mol. The summed E-state index contributed by atoms with van der Waals surface area (Å²) in [4.78, 5) is 0.196. The summed E-state index contributed by atoms with van der Waals surface area (Å²) >= 11 is 12.3. The fraction of sp³-hybridized carbons (Fsp3) is 0.455. The number of halogens is 3. The van der Waals surface area contributed by atoms with Crippen molar-refractivity contribution >= 4 is 53.5 Å².